The maximum absolute atomic E-state index is 2.42. The highest BCUT2D eigenvalue weighted by Crippen LogP contribution is 2.59. The predicted molar refractivity (Wildman–Crippen MR) is 75.8 cm³/mol. The van der Waals surface area contributed by atoms with E-state index in [-0.39, 0.29) is 16.2 Å². The molecule has 0 bridgehead atoms. The lowest BCUT2D eigenvalue weighted by Crippen LogP contribution is -2.45. The largest absolute Gasteiger partial charge is 0.0740 e. The molecule has 0 N–H and O–H groups in total. The molecule has 0 saturated carbocycles. The summed E-state index contributed by atoms with van der Waals surface area (Å²) in [6.45, 7) is 9.43. The van der Waals surface area contributed by atoms with Gasteiger partial charge in [0.05, 0.1) is 0 Å². The van der Waals surface area contributed by atoms with Gasteiger partial charge in [-0.15, -0.1) is 0 Å². The van der Waals surface area contributed by atoms with Gasteiger partial charge >= 0.3 is 0 Å². The summed E-state index contributed by atoms with van der Waals surface area (Å²) in [6, 6.07) is 0. The summed E-state index contributed by atoms with van der Waals surface area (Å²) in [6.07, 6.45) is 20.7. The van der Waals surface area contributed by atoms with Crippen molar-refractivity contribution in [3.05, 3.63) is 48.6 Å². The molecular formula is C17H24. The van der Waals surface area contributed by atoms with E-state index in [9.17, 15) is 0 Å². The van der Waals surface area contributed by atoms with Gasteiger partial charge in [-0.05, 0) is 18.3 Å². The standard InChI is InChI=1S/C17H24/c1-5-16(11-7-8-12-16)15(3,4)17(6-2)13-9-10-14-17/h7-14H,5-6H2,1-4H3. The Hall–Kier alpha value is -1.04. The third-order valence-corrected chi connectivity index (χ3v) is 5.29. The Labute approximate surface area is 106 Å². The molecule has 0 aromatic rings. The van der Waals surface area contributed by atoms with Crippen molar-refractivity contribution in [2.45, 2.75) is 40.5 Å². The molecule has 0 saturated heterocycles. The van der Waals surface area contributed by atoms with Crippen molar-refractivity contribution in [3.8, 4) is 0 Å². The van der Waals surface area contributed by atoms with Gasteiger partial charge in [0, 0.05) is 10.8 Å². The van der Waals surface area contributed by atoms with Gasteiger partial charge in [-0.1, -0.05) is 76.3 Å². The van der Waals surface area contributed by atoms with Gasteiger partial charge in [0.1, 0.15) is 0 Å². The minimum atomic E-state index is 0.196. The van der Waals surface area contributed by atoms with Crippen LogP contribution in [0.25, 0.3) is 0 Å². The average molecular weight is 228 g/mol. The molecule has 2 rings (SSSR count). The number of hydrogen-bond donors (Lipinski definition) is 0. The van der Waals surface area contributed by atoms with Crippen LogP contribution in [0.15, 0.2) is 48.6 Å². The first kappa shape index (κ1) is 12.4. The lowest BCUT2D eigenvalue weighted by molar-refractivity contribution is 0.0599. The highest BCUT2D eigenvalue weighted by molar-refractivity contribution is 5.36. The first-order valence-electron chi connectivity index (χ1n) is 6.78. The van der Waals surface area contributed by atoms with Crippen LogP contribution in [-0.4, -0.2) is 0 Å². The van der Waals surface area contributed by atoms with Gasteiger partial charge in [-0.2, -0.15) is 0 Å². The molecule has 0 aromatic heterocycles. The van der Waals surface area contributed by atoms with Gasteiger partial charge in [-0.25, -0.2) is 0 Å². The van der Waals surface area contributed by atoms with E-state index in [1.807, 2.05) is 0 Å². The molecule has 0 unspecified atom stereocenters. The van der Waals surface area contributed by atoms with Crippen molar-refractivity contribution < 1.29 is 0 Å². The van der Waals surface area contributed by atoms with Crippen molar-refractivity contribution in [1.29, 1.82) is 0 Å². The van der Waals surface area contributed by atoms with Crippen LogP contribution in [0.4, 0.5) is 0 Å². The third-order valence-electron chi connectivity index (χ3n) is 5.29. The van der Waals surface area contributed by atoms with Gasteiger partial charge in [0.2, 0.25) is 0 Å². The van der Waals surface area contributed by atoms with Gasteiger partial charge < -0.3 is 0 Å². The Morgan fingerprint density at radius 3 is 1.24 bits per heavy atom. The highest BCUT2D eigenvalue weighted by atomic mass is 14.5. The summed E-state index contributed by atoms with van der Waals surface area (Å²) < 4.78 is 0. The zero-order chi connectivity index (χ0) is 12.6. The van der Waals surface area contributed by atoms with Crippen molar-refractivity contribution in [1.82, 2.24) is 0 Å². The topological polar surface area (TPSA) is 0 Å². The van der Waals surface area contributed by atoms with Crippen molar-refractivity contribution in [3.63, 3.8) is 0 Å². The van der Waals surface area contributed by atoms with Gasteiger partial charge in [0.25, 0.3) is 0 Å². The lowest BCUT2D eigenvalue weighted by atomic mass is 9.51. The van der Waals surface area contributed by atoms with Crippen molar-refractivity contribution in [2.24, 2.45) is 16.2 Å². The van der Waals surface area contributed by atoms with Crippen LogP contribution in [0.1, 0.15) is 40.5 Å². The molecule has 0 heterocycles. The Balaban J connectivity index is 2.48. The fraction of sp³-hybridized carbons (Fsp3) is 0.529. The summed E-state index contributed by atoms with van der Waals surface area (Å²) in [5, 5.41) is 0. The fourth-order valence-corrected chi connectivity index (χ4v) is 3.64. The second-order valence-corrected chi connectivity index (χ2v) is 5.85. The predicted octanol–water partition coefficient (Wildman–Crippen LogP) is 5.06. The summed E-state index contributed by atoms with van der Waals surface area (Å²) in [4.78, 5) is 0. The zero-order valence-electron chi connectivity index (χ0n) is 11.5. The fourth-order valence-electron chi connectivity index (χ4n) is 3.64. The molecule has 92 valence electrons. The molecule has 2 aliphatic rings. The summed E-state index contributed by atoms with van der Waals surface area (Å²) in [7, 11) is 0. The van der Waals surface area contributed by atoms with E-state index in [1.54, 1.807) is 0 Å². The van der Waals surface area contributed by atoms with E-state index in [1.165, 1.54) is 0 Å². The Morgan fingerprint density at radius 2 is 1.00 bits per heavy atom. The van der Waals surface area contributed by atoms with Crippen LogP contribution in [0.3, 0.4) is 0 Å². The molecule has 0 aliphatic heterocycles. The Kier molecular flexibility index (Phi) is 2.93. The van der Waals surface area contributed by atoms with E-state index < -0.39 is 0 Å². The van der Waals surface area contributed by atoms with Crippen LogP contribution in [0, 0.1) is 16.2 Å². The van der Waals surface area contributed by atoms with E-state index in [4.69, 9.17) is 0 Å². The molecule has 2 aliphatic carbocycles. The molecule has 0 radical (unpaired) electrons. The summed E-state index contributed by atoms with van der Waals surface area (Å²) in [5.41, 5.74) is 0.598. The van der Waals surface area contributed by atoms with Gasteiger partial charge in [-0.3, -0.25) is 0 Å². The quantitative estimate of drug-likeness (QED) is 0.631. The molecule has 0 nitrogen and oxygen atoms in total. The maximum Gasteiger partial charge on any atom is 0.0127 e. The molecule has 0 fully saturated rings. The minimum Gasteiger partial charge on any atom is -0.0740 e. The van der Waals surface area contributed by atoms with Crippen LogP contribution >= 0.6 is 0 Å². The highest BCUT2D eigenvalue weighted by Gasteiger charge is 2.52. The average Bonchev–Trinajstić information content (AvgIpc) is 2.99. The monoisotopic (exact) mass is 228 g/mol. The SMILES string of the molecule is CCC1(C(C)(C)C2(CC)C=CC=C2)C=CC=C1. The van der Waals surface area contributed by atoms with E-state index in [2.05, 4.69) is 76.3 Å². The molecule has 17 heavy (non-hydrogen) atoms. The van der Waals surface area contributed by atoms with E-state index in [0.717, 1.165) is 12.8 Å². The molecule has 0 heteroatoms. The second-order valence-electron chi connectivity index (χ2n) is 5.85. The molecular weight excluding hydrogens is 204 g/mol. The minimum absolute atomic E-state index is 0.196. The molecule has 0 aromatic carbocycles. The van der Waals surface area contributed by atoms with Crippen LogP contribution in [-0.2, 0) is 0 Å². The van der Waals surface area contributed by atoms with Crippen LogP contribution < -0.4 is 0 Å². The number of rotatable bonds is 4. The van der Waals surface area contributed by atoms with Crippen LogP contribution in [0.2, 0.25) is 0 Å². The van der Waals surface area contributed by atoms with Crippen LogP contribution in [0.5, 0.6) is 0 Å². The normalized spacial score (nSPS) is 23.8. The maximum atomic E-state index is 2.42. The molecule has 0 amide bonds. The second kappa shape index (κ2) is 4.01. The Morgan fingerprint density at radius 1 is 0.706 bits per heavy atom. The van der Waals surface area contributed by atoms with E-state index >= 15 is 0 Å². The first-order chi connectivity index (χ1) is 8.04. The molecule has 0 spiro atoms. The lowest BCUT2D eigenvalue weighted by Gasteiger charge is -2.52. The number of hydrogen-bond acceptors (Lipinski definition) is 0. The van der Waals surface area contributed by atoms with Crippen molar-refractivity contribution >= 4 is 0 Å². The zero-order valence-corrected chi connectivity index (χ0v) is 11.5. The van der Waals surface area contributed by atoms with Gasteiger partial charge in [0.15, 0.2) is 0 Å². The smallest absolute Gasteiger partial charge is 0.0127 e. The first-order valence-corrected chi connectivity index (χ1v) is 6.78. The van der Waals surface area contributed by atoms with E-state index in [0.29, 0.717) is 0 Å². The molecule has 0 atom stereocenters. The summed E-state index contributed by atoms with van der Waals surface area (Å²) in [5.74, 6) is 0. The summed E-state index contributed by atoms with van der Waals surface area (Å²) >= 11 is 0. The third kappa shape index (κ3) is 1.50. The number of allylic oxidation sites excluding steroid dienone is 8. The van der Waals surface area contributed by atoms with Crippen molar-refractivity contribution in [2.75, 3.05) is 0 Å². The Bertz CT molecular complexity index is 340.